The van der Waals surface area contributed by atoms with Crippen molar-refractivity contribution in [1.29, 1.82) is 0 Å². The van der Waals surface area contributed by atoms with Crippen LogP contribution in [0.25, 0.3) is 22.5 Å². The summed E-state index contributed by atoms with van der Waals surface area (Å²) in [5, 5.41) is 4.49. The highest BCUT2D eigenvalue weighted by Gasteiger charge is 2.33. The van der Waals surface area contributed by atoms with Crippen molar-refractivity contribution in [2.45, 2.75) is 25.5 Å². The van der Waals surface area contributed by atoms with Crippen molar-refractivity contribution < 1.29 is 4.74 Å². The second kappa shape index (κ2) is 10.4. The van der Waals surface area contributed by atoms with E-state index in [1.807, 2.05) is 34.9 Å². The lowest BCUT2D eigenvalue weighted by molar-refractivity contribution is 0.307. The van der Waals surface area contributed by atoms with Crippen LogP contribution in [-0.2, 0) is 13.0 Å². The molecule has 42 heavy (non-hydrogen) atoms. The van der Waals surface area contributed by atoms with Crippen molar-refractivity contribution in [3.63, 3.8) is 0 Å². The number of nitrogens with zero attached hydrogens (tertiary/aromatic N) is 2. The number of benzene rings is 4. The fourth-order valence-electron chi connectivity index (χ4n) is 6.14. The molecule has 1 atom stereocenters. The number of aromatic nitrogens is 1. The highest BCUT2D eigenvalue weighted by molar-refractivity contribution is 7.10. The maximum Gasteiger partial charge on any atom is 0.271 e. The Hall–Kier alpha value is -4.52. The molecule has 6 heteroatoms. The van der Waals surface area contributed by atoms with E-state index in [-0.39, 0.29) is 11.6 Å². The summed E-state index contributed by atoms with van der Waals surface area (Å²) in [6.45, 7) is 0.473. The monoisotopic (exact) mass is 582 g/mol. The predicted molar refractivity (Wildman–Crippen MR) is 172 cm³/mol. The van der Waals surface area contributed by atoms with E-state index in [2.05, 4.69) is 84.2 Å². The van der Waals surface area contributed by atoms with Crippen LogP contribution < -0.4 is 19.6 Å². The van der Waals surface area contributed by atoms with E-state index < -0.39 is 0 Å². The van der Waals surface area contributed by atoms with Crippen LogP contribution in [0.5, 0.6) is 5.75 Å². The summed E-state index contributed by atoms with van der Waals surface area (Å²) < 4.78 is 8.82. The summed E-state index contributed by atoms with van der Waals surface area (Å²) in [6, 6.07) is 35.2. The molecule has 0 amide bonds. The van der Waals surface area contributed by atoms with E-state index >= 15 is 0 Å². The first-order chi connectivity index (χ1) is 20.7. The summed E-state index contributed by atoms with van der Waals surface area (Å²) in [5.41, 5.74) is 6.86. The third-order valence-electron chi connectivity index (χ3n) is 8.12. The molecule has 0 bridgehead atoms. The van der Waals surface area contributed by atoms with Gasteiger partial charge in [0.1, 0.15) is 12.4 Å². The van der Waals surface area contributed by atoms with E-state index in [0.717, 1.165) is 40.2 Å². The molecule has 2 aliphatic rings. The van der Waals surface area contributed by atoms with E-state index in [0.29, 0.717) is 11.1 Å². The molecule has 1 aliphatic heterocycles. The van der Waals surface area contributed by atoms with E-state index in [9.17, 15) is 4.79 Å². The van der Waals surface area contributed by atoms with Gasteiger partial charge in [-0.05, 0) is 75.5 Å². The van der Waals surface area contributed by atoms with Crippen LogP contribution in [0.3, 0.4) is 0 Å². The van der Waals surface area contributed by atoms with Gasteiger partial charge in [0.2, 0.25) is 0 Å². The average molecular weight is 583 g/mol. The number of hydrogen-bond donors (Lipinski definition) is 0. The normalized spacial score (nSPS) is 16.1. The largest absolute Gasteiger partial charge is 0.489 e. The van der Waals surface area contributed by atoms with Crippen molar-refractivity contribution in [3.05, 3.63) is 161 Å². The maximum absolute atomic E-state index is 14.0. The fraction of sp³-hybridized carbons (Fsp3) is 0.111. The lowest BCUT2D eigenvalue weighted by atomic mass is 9.85. The Morgan fingerprint density at radius 1 is 0.905 bits per heavy atom. The van der Waals surface area contributed by atoms with Crippen molar-refractivity contribution in [2.24, 2.45) is 4.99 Å². The quantitative estimate of drug-likeness (QED) is 0.217. The zero-order valence-corrected chi connectivity index (χ0v) is 24.3. The van der Waals surface area contributed by atoms with Gasteiger partial charge in [-0.2, -0.15) is 0 Å². The molecular formula is C36H26N2O2S2. The van der Waals surface area contributed by atoms with E-state index in [1.54, 1.807) is 11.3 Å². The van der Waals surface area contributed by atoms with E-state index in [4.69, 9.17) is 9.73 Å². The topological polar surface area (TPSA) is 43.6 Å². The SMILES string of the molecule is O=c1/c(=C\c2cccc(OCc3cccc4ccccc34)c2)sc2n1[C@@H](c1cccs1)C1=C(N=2)c2ccccc2CC1. The minimum absolute atomic E-state index is 0.00429. The third-order valence-corrected chi connectivity index (χ3v) is 10.0. The molecule has 0 saturated carbocycles. The van der Waals surface area contributed by atoms with Crippen LogP contribution in [0.4, 0.5) is 0 Å². The second-order valence-corrected chi connectivity index (χ2v) is 12.6. The van der Waals surface area contributed by atoms with Gasteiger partial charge in [-0.25, -0.2) is 4.99 Å². The number of thiazole rings is 1. The molecule has 6 aromatic rings. The van der Waals surface area contributed by atoms with Crippen molar-refractivity contribution in [2.75, 3.05) is 0 Å². The molecule has 1 aliphatic carbocycles. The molecule has 0 unspecified atom stereocenters. The summed E-state index contributed by atoms with van der Waals surface area (Å²) in [6.07, 6.45) is 3.83. The van der Waals surface area contributed by atoms with Gasteiger partial charge >= 0.3 is 0 Å². The lowest BCUT2D eigenvalue weighted by Crippen LogP contribution is -2.38. The van der Waals surface area contributed by atoms with Gasteiger partial charge in [0.05, 0.1) is 16.3 Å². The maximum atomic E-state index is 14.0. The minimum atomic E-state index is -0.123. The van der Waals surface area contributed by atoms with Crippen LogP contribution in [0.2, 0.25) is 0 Å². The Kier molecular flexibility index (Phi) is 6.24. The van der Waals surface area contributed by atoms with Crippen LogP contribution in [0, 0.1) is 0 Å². The predicted octanol–water partition coefficient (Wildman–Crippen LogP) is 7.11. The molecule has 8 rings (SSSR count). The Morgan fingerprint density at radius 2 is 1.76 bits per heavy atom. The zero-order chi connectivity index (χ0) is 28.0. The number of fused-ring (bicyclic) bond motifs is 4. The first-order valence-corrected chi connectivity index (χ1v) is 15.8. The first kappa shape index (κ1) is 25.2. The molecule has 4 aromatic carbocycles. The number of aryl methyl sites for hydroxylation is 1. The highest BCUT2D eigenvalue weighted by Crippen LogP contribution is 2.42. The minimum Gasteiger partial charge on any atom is -0.489 e. The second-order valence-electron chi connectivity index (χ2n) is 10.6. The molecule has 0 spiro atoms. The highest BCUT2D eigenvalue weighted by atomic mass is 32.1. The Labute approximate surface area is 250 Å². The average Bonchev–Trinajstić information content (AvgIpc) is 3.67. The Morgan fingerprint density at radius 3 is 2.69 bits per heavy atom. The number of allylic oxidation sites excluding steroid dienone is 1. The fourth-order valence-corrected chi connectivity index (χ4v) is 7.99. The van der Waals surface area contributed by atoms with Crippen molar-refractivity contribution in [3.8, 4) is 5.75 Å². The Bertz CT molecular complexity index is 2180. The number of thiophene rings is 1. The van der Waals surface area contributed by atoms with Crippen LogP contribution in [-0.4, -0.2) is 4.57 Å². The lowest BCUT2D eigenvalue weighted by Gasteiger charge is -2.30. The number of rotatable bonds is 5. The van der Waals surface area contributed by atoms with Crippen LogP contribution in [0.1, 0.15) is 39.6 Å². The van der Waals surface area contributed by atoms with Crippen LogP contribution in [0.15, 0.2) is 124 Å². The molecule has 204 valence electrons. The summed E-state index contributed by atoms with van der Waals surface area (Å²) in [5.74, 6) is 0.771. The molecule has 0 saturated heterocycles. The van der Waals surface area contributed by atoms with Gasteiger partial charge in [-0.3, -0.25) is 9.36 Å². The van der Waals surface area contributed by atoms with Crippen molar-refractivity contribution in [1.82, 2.24) is 4.57 Å². The van der Waals surface area contributed by atoms with Gasteiger partial charge < -0.3 is 4.74 Å². The van der Waals surface area contributed by atoms with Gasteiger partial charge in [0.25, 0.3) is 5.56 Å². The molecule has 0 radical (unpaired) electrons. The van der Waals surface area contributed by atoms with Gasteiger partial charge in [0.15, 0.2) is 4.80 Å². The molecule has 0 N–H and O–H groups in total. The van der Waals surface area contributed by atoms with Gasteiger partial charge in [-0.15, -0.1) is 11.3 Å². The van der Waals surface area contributed by atoms with Gasteiger partial charge in [-0.1, -0.05) is 96.3 Å². The third kappa shape index (κ3) is 4.35. The Balaban J connectivity index is 1.18. The summed E-state index contributed by atoms with van der Waals surface area (Å²) in [7, 11) is 0. The van der Waals surface area contributed by atoms with Crippen molar-refractivity contribution >= 4 is 45.2 Å². The zero-order valence-electron chi connectivity index (χ0n) is 22.7. The first-order valence-electron chi connectivity index (χ1n) is 14.1. The smallest absolute Gasteiger partial charge is 0.271 e. The molecule has 2 aromatic heterocycles. The molecular weight excluding hydrogens is 557 g/mol. The standard InChI is InChI=1S/C36H26N2O2S2/c39-35-32(21-23-8-5-13-27(20-23)40-22-26-12-6-11-24-9-1-3-14-28(24)26)42-36-37-33-29-15-4-2-10-25(29)17-18-30(33)34(38(35)36)31-16-7-19-41-31/h1-16,19-21,34H,17-18,22H2/b32-21+/t34-/m1/s1. The summed E-state index contributed by atoms with van der Waals surface area (Å²) in [4.78, 5) is 21.0. The van der Waals surface area contributed by atoms with E-state index in [1.165, 1.54) is 43.7 Å². The molecule has 4 nitrogen and oxygen atoms in total. The van der Waals surface area contributed by atoms with Crippen LogP contribution >= 0.6 is 22.7 Å². The number of hydrogen-bond acceptors (Lipinski definition) is 5. The number of ether oxygens (including phenoxy) is 1. The molecule has 3 heterocycles. The molecule has 0 fully saturated rings. The van der Waals surface area contributed by atoms with Gasteiger partial charge in [0, 0.05) is 10.4 Å². The summed E-state index contributed by atoms with van der Waals surface area (Å²) >= 11 is 3.16.